The second-order valence-electron chi connectivity index (χ2n) is 5.92. The smallest absolute Gasteiger partial charge is 0.137 e. The summed E-state index contributed by atoms with van der Waals surface area (Å²) in [4.78, 5) is 0. The topological polar surface area (TPSA) is 9.23 Å². The third-order valence-corrected chi connectivity index (χ3v) is 3.65. The van der Waals surface area contributed by atoms with Gasteiger partial charge >= 0.3 is 0 Å². The van der Waals surface area contributed by atoms with E-state index in [4.69, 9.17) is 4.74 Å². The van der Waals surface area contributed by atoms with Crippen molar-refractivity contribution < 1.29 is 9.13 Å². The first kappa shape index (κ1) is 16.5. The molecule has 3 heteroatoms. The summed E-state index contributed by atoms with van der Waals surface area (Å²) in [5, 5.41) is 0. The van der Waals surface area contributed by atoms with Gasteiger partial charge in [0.1, 0.15) is 11.6 Å². The van der Waals surface area contributed by atoms with Gasteiger partial charge in [0.25, 0.3) is 0 Å². The molecule has 0 N–H and O–H groups in total. The molecule has 0 amide bonds. The van der Waals surface area contributed by atoms with Crippen molar-refractivity contribution in [2.24, 2.45) is 0 Å². The van der Waals surface area contributed by atoms with Crippen molar-refractivity contribution in [2.45, 2.75) is 58.8 Å². The molecule has 0 spiro atoms. The minimum Gasteiger partial charge on any atom is -0.492 e. The Bertz CT molecular complexity index is 410. The summed E-state index contributed by atoms with van der Waals surface area (Å²) in [7, 11) is 0. The van der Waals surface area contributed by atoms with E-state index in [1.807, 2.05) is 0 Å². The van der Waals surface area contributed by atoms with Gasteiger partial charge in [0.15, 0.2) is 0 Å². The first-order valence-electron chi connectivity index (χ1n) is 6.98. The molecule has 0 radical (unpaired) electrons. The van der Waals surface area contributed by atoms with Crippen molar-refractivity contribution in [2.75, 3.05) is 6.61 Å². The highest BCUT2D eigenvalue weighted by Crippen LogP contribution is 2.38. The zero-order valence-electron chi connectivity index (χ0n) is 12.4. The van der Waals surface area contributed by atoms with Crippen LogP contribution in [0.2, 0.25) is 0 Å². The van der Waals surface area contributed by atoms with E-state index < -0.39 is 0 Å². The highest BCUT2D eigenvalue weighted by molar-refractivity contribution is 9.10. The summed E-state index contributed by atoms with van der Waals surface area (Å²) in [6.07, 6.45) is 4.68. The van der Waals surface area contributed by atoms with Crippen molar-refractivity contribution in [1.29, 1.82) is 0 Å². The molecule has 0 aliphatic heterocycles. The molecular weight excluding hydrogens is 307 g/mol. The molecular formula is C16H24BrFO. The third-order valence-electron chi connectivity index (χ3n) is 3.06. The van der Waals surface area contributed by atoms with Gasteiger partial charge in [-0.1, -0.05) is 47.0 Å². The molecule has 19 heavy (non-hydrogen) atoms. The Balaban J connectivity index is 2.81. The maximum Gasteiger partial charge on any atom is 0.137 e. The lowest BCUT2D eigenvalue weighted by Crippen LogP contribution is -2.15. The van der Waals surface area contributed by atoms with E-state index in [0.29, 0.717) is 11.1 Å². The molecule has 1 nitrogen and oxygen atoms in total. The van der Waals surface area contributed by atoms with E-state index in [2.05, 4.69) is 43.6 Å². The fourth-order valence-corrected chi connectivity index (χ4v) is 2.51. The molecule has 0 bridgehead atoms. The largest absolute Gasteiger partial charge is 0.492 e. The fourth-order valence-electron chi connectivity index (χ4n) is 1.97. The summed E-state index contributed by atoms with van der Waals surface area (Å²) >= 11 is 3.41. The lowest BCUT2D eigenvalue weighted by molar-refractivity contribution is 0.294. The lowest BCUT2D eigenvalue weighted by Gasteiger charge is -2.24. The van der Waals surface area contributed by atoms with Crippen LogP contribution in [0.15, 0.2) is 16.6 Å². The maximum atomic E-state index is 13.5. The average Bonchev–Trinajstić information content (AvgIpc) is 2.29. The highest BCUT2D eigenvalue weighted by Gasteiger charge is 2.22. The van der Waals surface area contributed by atoms with Crippen molar-refractivity contribution in [3.63, 3.8) is 0 Å². The molecule has 0 heterocycles. The molecule has 0 aliphatic rings. The number of rotatable bonds is 6. The number of unbranched alkanes of at least 4 members (excludes halogenated alkanes) is 3. The van der Waals surface area contributed by atoms with Crippen LogP contribution in [0.25, 0.3) is 0 Å². The number of ether oxygens (including phenoxy) is 1. The van der Waals surface area contributed by atoms with Gasteiger partial charge in [-0.25, -0.2) is 4.39 Å². The third kappa shape index (κ3) is 5.13. The molecule has 0 fully saturated rings. The Morgan fingerprint density at radius 3 is 2.42 bits per heavy atom. The Morgan fingerprint density at radius 2 is 1.84 bits per heavy atom. The van der Waals surface area contributed by atoms with Crippen LogP contribution in [0.4, 0.5) is 4.39 Å². The first-order valence-corrected chi connectivity index (χ1v) is 7.78. The van der Waals surface area contributed by atoms with Gasteiger partial charge in [-0.15, -0.1) is 0 Å². The molecule has 0 aromatic heterocycles. The maximum absolute atomic E-state index is 13.5. The predicted molar refractivity (Wildman–Crippen MR) is 82.4 cm³/mol. The van der Waals surface area contributed by atoms with Gasteiger partial charge in [-0.3, -0.25) is 0 Å². The summed E-state index contributed by atoms with van der Waals surface area (Å²) in [5.41, 5.74) is 0.776. The van der Waals surface area contributed by atoms with Gasteiger partial charge in [0, 0.05) is 5.56 Å². The zero-order valence-corrected chi connectivity index (χ0v) is 13.9. The number of halogens is 2. The average molecular weight is 331 g/mol. The van der Waals surface area contributed by atoms with Gasteiger partial charge in [0.2, 0.25) is 0 Å². The van der Waals surface area contributed by atoms with Crippen LogP contribution in [0.1, 0.15) is 58.9 Å². The predicted octanol–water partition coefficient (Wildman–Crippen LogP) is 5.84. The van der Waals surface area contributed by atoms with E-state index >= 15 is 0 Å². The Kier molecular flexibility index (Phi) is 6.31. The molecule has 108 valence electrons. The summed E-state index contributed by atoms with van der Waals surface area (Å²) in [6.45, 7) is 9.08. The minimum absolute atomic E-state index is 0.136. The van der Waals surface area contributed by atoms with Gasteiger partial charge in [0.05, 0.1) is 11.1 Å². The van der Waals surface area contributed by atoms with Crippen molar-refractivity contribution in [1.82, 2.24) is 0 Å². The van der Waals surface area contributed by atoms with E-state index in [9.17, 15) is 4.39 Å². The molecule has 0 saturated carbocycles. The van der Waals surface area contributed by atoms with Crippen LogP contribution in [-0.2, 0) is 5.41 Å². The second kappa shape index (κ2) is 7.28. The van der Waals surface area contributed by atoms with Crippen molar-refractivity contribution in [3.8, 4) is 5.75 Å². The number of hydrogen-bond acceptors (Lipinski definition) is 1. The van der Waals surface area contributed by atoms with Crippen LogP contribution < -0.4 is 4.74 Å². The second-order valence-corrected chi connectivity index (χ2v) is 6.78. The van der Waals surface area contributed by atoms with Crippen LogP contribution >= 0.6 is 15.9 Å². The zero-order chi connectivity index (χ0) is 14.5. The highest BCUT2D eigenvalue weighted by atomic mass is 79.9. The first-order chi connectivity index (χ1) is 8.86. The summed E-state index contributed by atoms with van der Waals surface area (Å²) in [6, 6.07) is 3.04. The SMILES string of the molecule is CCCCCCOc1c(Br)cc(F)cc1C(C)(C)C. The summed E-state index contributed by atoms with van der Waals surface area (Å²) in [5.74, 6) is 0.556. The van der Waals surface area contributed by atoms with Crippen molar-refractivity contribution >= 4 is 15.9 Å². The Hall–Kier alpha value is -0.570. The van der Waals surface area contributed by atoms with Crippen LogP contribution in [0, 0.1) is 5.82 Å². The normalized spacial score (nSPS) is 11.7. The van der Waals surface area contributed by atoms with Crippen LogP contribution in [-0.4, -0.2) is 6.61 Å². The fraction of sp³-hybridized carbons (Fsp3) is 0.625. The molecule has 0 aliphatic carbocycles. The lowest BCUT2D eigenvalue weighted by atomic mass is 9.86. The van der Waals surface area contributed by atoms with E-state index in [1.165, 1.54) is 25.3 Å². The van der Waals surface area contributed by atoms with Gasteiger partial charge in [-0.05, 0) is 39.9 Å². The molecule has 1 aromatic carbocycles. The molecule has 0 atom stereocenters. The molecule has 0 saturated heterocycles. The van der Waals surface area contributed by atoms with Crippen LogP contribution in [0.3, 0.4) is 0 Å². The molecule has 0 unspecified atom stereocenters. The standard InChI is InChI=1S/C16H24BrFO/c1-5-6-7-8-9-19-15-13(16(2,3)4)10-12(18)11-14(15)17/h10-11H,5-9H2,1-4H3. The van der Waals surface area contributed by atoms with Crippen LogP contribution in [0.5, 0.6) is 5.75 Å². The number of benzene rings is 1. The minimum atomic E-state index is -0.227. The van der Waals surface area contributed by atoms with Crippen molar-refractivity contribution in [3.05, 3.63) is 28.0 Å². The quantitative estimate of drug-likeness (QED) is 0.595. The van der Waals surface area contributed by atoms with E-state index in [1.54, 1.807) is 6.07 Å². The summed E-state index contributed by atoms with van der Waals surface area (Å²) < 4.78 is 20.1. The number of hydrogen-bond donors (Lipinski definition) is 0. The van der Waals surface area contributed by atoms with Gasteiger partial charge < -0.3 is 4.74 Å². The van der Waals surface area contributed by atoms with E-state index in [-0.39, 0.29) is 11.2 Å². The monoisotopic (exact) mass is 330 g/mol. The Morgan fingerprint density at radius 1 is 1.16 bits per heavy atom. The van der Waals surface area contributed by atoms with Gasteiger partial charge in [-0.2, -0.15) is 0 Å². The van der Waals surface area contributed by atoms with E-state index in [0.717, 1.165) is 17.7 Å². The molecule has 1 aromatic rings. The molecule has 1 rings (SSSR count). The Labute approximate surface area is 124 Å².